The fourth-order valence-corrected chi connectivity index (χ4v) is 4.56. The molecule has 0 unspecified atom stereocenters. The quantitative estimate of drug-likeness (QED) is 0.297. The molecule has 38 heavy (non-hydrogen) atoms. The number of aryl methyl sites for hydroxylation is 1. The number of oxazole rings is 1. The number of nitrogens with one attached hydrogen (secondary N) is 3. The van der Waals surface area contributed by atoms with E-state index in [-0.39, 0.29) is 23.8 Å². The summed E-state index contributed by atoms with van der Waals surface area (Å²) in [6.45, 7) is 1.44. The topological polar surface area (TPSA) is 108 Å². The van der Waals surface area contributed by atoms with Crippen molar-refractivity contribution in [2.45, 2.75) is 51.4 Å². The fraction of sp³-hybridized carbons (Fsp3) is 0.379. The molecule has 3 aromatic rings. The number of aliphatic imine (C=N–C) groups is 1. The third-order valence-corrected chi connectivity index (χ3v) is 6.68. The molecule has 1 amide bonds. The third-order valence-electron chi connectivity index (χ3n) is 6.68. The fourth-order valence-electron chi connectivity index (χ4n) is 4.56. The smallest absolute Gasteiger partial charge is 0.273 e. The molecule has 198 valence electrons. The van der Waals surface area contributed by atoms with E-state index in [1.807, 2.05) is 0 Å². The van der Waals surface area contributed by atoms with Gasteiger partial charge in [-0.3, -0.25) is 9.79 Å². The summed E-state index contributed by atoms with van der Waals surface area (Å²) in [5.41, 5.74) is 5.24. The molecule has 1 aliphatic carbocycles. The van der Waals surface area contributed by atoms with Crippen LogP contribution in [-0.4, -0.2) is 46.7 Å². The van der Waals surface area contributed by atoms with Crippen molar-refractivity contribution in [2.24, 2.45) is 4.99 Å². The van der Waals surface area contributed by atoms with Gasteiger partial charge in [-0.05, 0) is 49.8 Å². The summed E-state index contributed by atoms with van der Waals surface area (Å²) in [5.74, 6) is 0.726. The van der Waals surface area contributed by atoms with Crippen LogP contribution >= 0.6 is 0 Å². The molecule has 1 aliphatic heterocycles. The van der Waals surface area contributed by atoms with E-state index >= 15 is 0 Å². The number of carbonyl (C=O) groups is 1. The number of aromatic nitrogens is 3. The highest BCUT2D eigenvalue weighted by atomic mass is 19.1. The summed E-state index contributed by atoms with van der Waals surface area (Å²) in [6.07, 6.45) is 16.5. The van der Waals surface area contributed by atoms with Gasteiger partial charge in [0.2, 0.25) is 0 Å². The molecule has 5 rings (SSSR count). The Bertz CT molecular complexity index is 1400. The van der Waals surface area contributed by atoms with Crippen LogP contribution in [0.2, 0.25) is 0 Å². The molecule has 0 fully saturated rings. The van der Waals surface area contributed by atoms with Gasteiger partial charge in [0, 0.05) is 38.6 Å². The number of hydrogen-bond acceptors (Lipinski definition) is 6. The normalized spacial score (nSPS) is 15.3. The van der Waals surface area contributed by atoms with Gasteiger partial charge in [-0.1, -0.05) is 29.9 Å². The molecule has 1 aromatic carbocycles. The highest BCUT2D eigenvalue weighted by Gasteiger charge is 2.15. The van der Waals surface area contributed by atoms with Gasteiger partial charge in [-0.15, -0.1) is 0 Å². The Kier molecular flexibility index (Phi) is 8.55. The Morgan fingerprint density at radius 2 is 2.00 bits per heavy atom. The van der Waals surface area contributed by atoms with Gasteiger partial charge in [-0.25, -0.2) is 14.4 Å². The van der Waals surface area contributed by atoms with Crippen LogP contribution in [0, 0.1) is 0 Å². The number of nitrogens with zero attached hydrogens (tertiary/aromatic N) is 3. The number of benzene rings is 1. The molecule has 9 heteroatoms. The lowest BCUT2D eigenvalue weighted by atomic mass is 9.99. The van der Waals surface area contributed by atoms with Gasteiger partial charge < -0.3 is 20.0 Å². The lowest BCUT2D eigenvalue weighted by molar-refractivity contribution is 0.0951. The number of fused-ring (bicyclic) bond motifs is 1. The number of amides is 1. The van der Waals surface area contributed by atoms with Crippen LogP contribution in [0.4, 0.5) is 4.39 Å². The molecular formula is C29H33FN6O2. The number of allylic oxidation sites excluding steroid dienone is 5. The van der Waals surface area contributed by atoms with Gasteiger partial charge in [-0.2, -0.15) is 0 Å². The molecule has 2 aliphatic rings. The zero-order valence-corrected chi connectivity index (χ0v) is 21.4. The van der Waals surface area contributed by atoms with Crippen molar-refractivity contribution in [3.63, 3.8) is 0 Å². The van der Waals surface area contributed by atoms with E-state index in [4.69, 9.17) is 9.40 Å². The number of H-pyrrole nitrogens is 1. The molecular weight excluding hydrogens is 483 g/mol. The Morgan fingerprint density at radius 1 is 1.08 bits per heavy atom. The summed E-state index contributed by atoms with van der Waals surface area (Å²) >= 11 is 0. The van der Waals surface area contributed by atoms with E-state index in [0.29, 0.717) is 31.7 Å². The first-order valence-corrected chi connectivity index (χ1v) is 13.3. The van der Waals surface area contributed by atoms with Crippen molar-refractivity contribution in [1.82, 2.24) is 25.6 Å². The van der Waals surface area contributed by atoms with E-state index < -0.39 is 5.91 Å². The minimum absolute atomic E-state index is 0.0316. The lowest BCUT2D eigenvalue weighted by Gasteiger charge is -2.09. The summed E-state index contributed by atoms with van der Waals surface area (Å²) in [5, 5.41) is 6.01. The van der Waals surface area contributed by atoms with E-state index in [1.165, 1.54) is 17.4 Å². The minimum Gasteiger partial charge on any atom is -0.448 e. The number of rotatable bonds is 12. The van der Waals surface area contributed by atoms with Crippen molar-refractivity contribution in [2.75, 3.05) is 19.6 Å². The molecule has 3 N–H and O–H groups in total. The van der Waals surface area contributed by atoms with Crippen molar-refractivity contribution in [1.29, 1.82) is 0 Å². The molecule has 0 bridgehead atoms. The largest absolute Gasteiger partial charge is 0.448 e. The Morgan fingerprint density at radius 3 is 2.87 bits per heavy atom. The highest BCUT2D eigenvalue weighted by Crippen LogP contribution is 2.20. The van der Waals surface area contributed by atoms with Crippen LogP contribution in [0.15, 0.2) is 69.2 Å². The molecule has 0 saturated carbocycles. The van der Waals surface area contributed by atoms with Crippen LogP contribution < -0.4 is 10.6 Å². The number of hydrogen-bond donors (Lipinski definition) is 3. The van der Waals surface area contributed by atoms with E-state index in [0.717, 1.165) is 55.5 Å². The average molecular weight is 517 g/mol. The molecule has 0 atom stereocenters. The van der Waals surface area contributed by atoms with E-state index in [2.05, 4.69) is 62.0 Å². The maximum absolute atomic E-state index is 13.7. The van der Waals surface area contributed by atoms with Gasteiger partial charge >= 0.3 is 0 Å². The van der Waals surface area contributed by atoms with Gasteiger partial charge in [0.25, 0.3) is 5.91 Å². The predicted octanol–water partition coefficient (Wildman–Crippen LogP) is 4.91. The number of imidazole rings is 1. The number of carbonyl (C=O) groups excluding carboxylic acids is 1. The summed E-state index contributed by atoms with van der Waals surface area (Å²) < 4.78 is 19.2. The van der Waals surface area contributed by atoms with Gasteiger partial charge in [0.05, 0.1) is 23.3 Å². The SMILES string of the molecule is O=C(NCC1=C(F)CCC=N1)c1coc(CCNCCc2nc3ccc(CCC4=CCCC=C4)cc3[nH]2)n1. The average Bonchev–Trinajstić information content (AvgIpc) is 3.58. The van der Waals surface area contributed by atoms with Crippen molar-refractivity contribution in [3.05, 3.63) is 82.8 Å². The van der Waals surface area contributed by atoms with Crippen molar-refractivity contribution < 1.29 is 13.6 Å². The number of aromatic amines is 1. The first-order valence-electron chi connectivity index (χ1n) is 13.3. The van der Waals surface area contributed by atoms with E-state index in [9.17, 15) is 9.18 Å². The number of halogens is 1. The maximum Gasteiger partial charge on any atom is 0.273 e. The molecule has 8 nitrogen and oxygen atoms in total. The van der Waals surface area contributed by atoms with Crippen molar-refractivity contribution in [3.8, 4) is 0 Å². The van der Waals surface area contributed by atoms with Crippen LogP contribution in [0.25, 0.3) is 11.0 Å². The predicted molar refractivity (Wildman–Crippen MR) is 146 cm³/mol. The van der Waals surface area contributed by atoms with Gasteiger partial charge in [0.15, 0.2) is 11.6 Å². The monoisotopic (exact) mass is 516 g/mol. The summed E-state index contributed by atoms with van der Waals surface area (Å²) in [7, 11) is 0. The second-order valence-electron chi connectivity index (χ2n) is 9.55. The Balaban J connectivity index is 1.02. The van der Waals surface area contributed by atoms with Crippen LogP contribution in [0.5, 0.6) is 0 Å². The third kappa shape index (κ3) is 6.92. The zero-order valence-electron chi connectivity index (χ0n) is 21.4. The lowest BCUT2D eigenvalue weighted by Crippen LogP contribution is -2.26. The van der Waals surface area contributed by atoms with Crippen LogP contribution in [-0.2, 0) is 19.3 Å². The summed E-state index contributed by atoms with van der Waals surface area (Å²) in [4.78, 5) is 28.7. The zero-order chi connectivity index (χ0) is 26.2. The van der Waals surface area contributed by atoms with Crippen molar-refractivity contribution >= 4 is 23.2 Å². The van der Waals surface area contributed by atoms with Crippen LogP contribution in [0.3, 0.4) is 0 Å². The molecule has 2 aromatic heterocycles. The summed E-state index contributed by atoms with van der Waals surface area (Å²) in [6, 6.07) is 6.47. The van der Waals surface area contributed by atoms with Crippen LogP contribution in [0.1, 0.15) is 59.9 Å². The second-order valence-corrected chi connectivity index (χ2v) is 9.55. The highest BCUT2D eigenvalue weighted by molar-refractivity contribution is 5.92. The first-order chi connectivity index (χ1) is 18.6. The Hall–Kier alpha value is -3.85. The maximum atomic E-state index is 13.7. The van der Waals surface area contributed by atoms with Gasteiger partial charge in [0.1, 0.15) is 17.9 Å². The molecule has 3 heterocycles. The Labute approximate surface area is 221 Å². The second kappa shape index (κ2) is 12.6. The van der Waals surface area contributed by atoms with E-state index in [1.54, 1.807) is 6.21 Å². The molecule has 0 spiro atoms. The standard InChI is InChI=1S/C29H33FN6O2/c30-22-7-4-14-32-25(22)18-33-29(37)26-19-38-28(36-26)13-16-31-15-12-27-34-23-11-10-21(17-24(23)35-27)9-8-20-5-2-1-3-6-20/h2,5-6,10-11,14,17,19,31H,1,3-4,7-9,12-13,15-16,18H2,(H,33,37)(H,34,35). The molecule has 0 radical (unpaired) electrons. The molecule has 0 saturated heterocycles. The minimum atomic E-state index is -0.412. The first kappa shape index (κ1) is 25.8.